The maximum Gasteiger partial charge on any atom is 0.410 e. The van der Waals surface area contributed by atoms with Crippen molar-refractivity contribution in [2.75, 3.05) is 19.7 Å². The highest BCUT2D eigenvalue weighted by Gasteiger charge is 2.36. The standard InChI is InChI=1S/C22H28N4O4/c1-13-8-14(6-7-27)18-16(9-13)20(28)24(5)19-17(18)10-23-26(19)15-11-25(12-15)21(29)30-22(2,3)4/h8-10,15,27H,6-7,11-12H2,1-5H3. The van der Waals surface area contributed by atoms with Crippen molar-refractivity contribution in [3.05, 3.63) is 39.8 Å². The molecule has 0 radical (unpaired) electrons. The van der Waals surface area contributed by atoms with E-state index in [1.807, 2.05) is 44.5 Å². The number of hydrogen-bond donors (Lipinski definition) is 1. The van der Waals surface area contributed by atoms with Gasteiger partial charge in [-0.2, -0.15) is 5.10 Å². The molecule has 0 aliphatic carbocycles. The maximum atomic E-state index is 13.1. The predicted octanol–water partition coefficient (Wildman–Crippen LogP) is 2.52. The molecule has 2 aromatic heterocycles. The summed E-state index contributed by atoms with van der Waals surface area (Å²) in [6.07, 6.45) is 1.92. The van der Waals surface area contributed by atoms with Crippen molar-refractivity contribution in [2.45, 2.75) is 45.8 Å². The van der Waals surface area contributed by atoms with Crippen molar-refractivity contribution < 1.29 is 14.6 Å². The lowest BCUT2D eigenvalue weighted by Crippen LogP contribution is -2.52. The number of likely N-dealkylation sites (tertiary alicyclic amines) is 1. The summed E-state index contributed by atoms with van der Waals surface area (Å²) in [7, 11) is 1.75. The molecule has 8 heteroatoms. The molecule has 3 heterocycles. The second-order valence-corrected chi connectivity index (χ2v) is 9.05. The second-order valence-electron chi connectivity index (χ2n) is 9.05. The van der Waals surface area contributed by atoms with E-state index in [4.69, 9.17) is 4.74 Å². The van der Waals surface area contributed by atoms with Gasteiger partial charge in [-0.1, -0.05) is 11.6 Å². The zero-order valence-corrected chi connectivity index (χ0v) is 18.1. The van der Waals surface area contributed by atoms with E-state index in [1.54, 1.807) is 22.7 Å². The third kappa shape index (κ3) is 3.35. The number of amides is 1. The topological polar surface area (TPSA) is 89.6 Å². The van der Waals surface area contributed by atoms with Crippen molar-refractivity contribution in [1.29, 1.82) is 0 Å². The summed E-state index contributed by atoms with van der Waals surface area (Å²) < 4.78 is 8.89. The van der Waals surface area contributed by atoms with Gasteiger partial charge >= 0.3 is 6.09 Å². The average Bonchev–Trinajstić information content (AvgIpc) is 3.01. The van der Waals surface area contributed by atoms with Crippen LogP contribution < -0.4 is 5.56 Å². The lowest BCUT2D eigenvalue weighted by Gasteiger charge is -2.39. The minimum Gasteiger partial charge on any atom is -0.444 e. The molecule has 1 aliphatic heterocycles. The fourth-order valence-corrected chi connectivity index (χ4v) is 4.16. The Morgan fingerprint density at radius 2 is 1.97 bits per heavy atom. The van der Waals surface area contributed by atoms with E-state index in [2.05, 4.69) is 5.10 Å². The summed E-state index contributed by atoms with van der Waals surface area (Å²) in [5.74, 6) is 0. The summed E-state index contributed by atoms with van der Waals surface area (Å²) in [5.41, 5.74) is 2.03. The molecule has 1 amide bonds. The van der Waals surface area contributed by atoms with Crippen LogP contribution in [0.5, 0.6) is 0 Å². The molecule has 0 spiro atoms. The van der Waals surface area contributed by atoms with Gasteiger partial charge in [0.25, 0.3) is 5.56 Å². The van der Waals surface area contributed by atoms with Crippen LogP contribution >= 0.6 is 0 Å². The Morgan fingerprint density at radius 1 is 1.27 bits per heavy atom. The van der Waals surface area contributed by atoms with Crippen LogP contribution in [0.15, 0.2) is 23.1 Å². The van der Waals surface area contributed by atoms with Crippen LogP contribution in [-0.4, -0.2) is 55.7 Å². The van der Waals surface area contributed by atoms with Gasteiger partial charge in [0, 0.05) is 42.9 Å². The number of nitrogens with zero attached hydrogens (tertiary/aromatic N) is 4. The molecule has 30 heavy (non-hydrogen) atoms. The maximum absolute atomic E-state index is 13.1. The monoisotopic (exact) mass is 412 g/mol. The van der Waals surface area contributed by atoms with Gasteiger partial charge in [-0.05, 0) is 45.7 Å². The first kappa shape index (κ1) is 20.4. The van der Waals surface area contributed by atoms with Crippen molar-refractivity contribution >= 4 is 27.9 Å². The number of hydrogen-bond acceptors (Lipinski definition) is 5. The lowest BCUT2D eigenvalue weighted by molar-refractivity contribution is 0.0000340. The SMILES string of the molecule is Cc1cc(CCO)c2c(c1)c(=O)n(C)c1c2cnn1C1CN(C(=O)OC(C)(C)C)C1. The number of carbonyl (C=O) groups is 1. The fraction of sp³-hybridized carbons (Fsp3) is 0.500. The Labute approximate surface area is 174 Å². The van der Waals surface area contributed by atoms with Gasteiger partial charge in [-0.15, -0.1) is 0 Å². The largest absolute Gasteiger partial charge is 0.444 e. The lowest BCUT2D eigenvalue weighted by atomic mass is 9.98. The van der Waals surface area contributed by atoms with Gasteiger partial charge in [0.15, 0.2) is 0 Å². The minimum atomic E-state index is -0.537. The van der Waals surface area contributed by atoms with Gasteiger partial charge < -0.3 is 14.7 Å². The van der Waals surface area contributed by atoms with Gasteiger partial charge in [-0.25, -0.2) is 9.48 Å². The third-order valence-corrected chi connectivity index (χ3v) is 5.50. The molecule has 1 aliphatic rings. The van der Waals surface area contributed by atoms with Gasteiger partial charge in [-0.3, -0.25) is 9.36 Å². The number of benzene rings is 1. The summed E-state index contributed by atoms with van der Waals surface area (Å²) in [5, 5.41) is 16.5. The Hall–Kier alpha value is -2.87. The fourth-order valence-electron chi connectivity index (χ4n) is 4.16. The van der Waals surface area contributed by atoms with Gasteiger partial charge in [0.2, 0.25) is 0 Å². The normalized spacial score (nSPS) is 15.1. The molecule has 0 saturated carbocycles. The Morgan fingerprint density at radius 3 is 2.60 bits per heavy atom. The zero-order valence-electron chi connectivity index (χ0n) is 18.1. The first-order valence-electron chi connectivity index (χ1n) is 10.2. The van der Waals surface area contributed by atoms with Gasteiger partial charge in [0.05, 0.1) is 12.2 Å². The quantitative estimate of drug-likeness (QED) is 0.714. The molecule has 1 saturated heterocycles. The molecule has 160 valence electrons. The van der Waals surface area contributed by atoms with Crippen molar-refractivity contribution in [2.24, 2.45) is 7.05 Å². The predicted molar refractivity (Wildman–Crippen MR) is 115 cm³/mol. The molecule has 0 atom stereocenters. The molecule has 0 unspecified atom stereocenters. The number of aryl methyl sites for hydroxylation is 2. The highest BCUT2D eigenvalue weighted by Crippen LogP contribution is 2.31. The molecule has 1 N–H and O–H groups in total. The molecule has 4 rings (SSSR count). The van der Waals surface area contributed by atoms with Crippen molar-refractivity contribution in [1.82, 2.24) is 19.2 Å². The minimum absolute atomic E-state index is 0.0108. The van der Waals surface area contributed by atoms with E-state index < -0.39 is 5.60 Å². The van der Waals surface area contributed by atoms with E-state index in [0.29, 0.717) is 24.9 Å². The Balaban J connectivity index is 1.76. The molecule has 0 bridgehead atoms. The molecule has 8 nitrogen and oxygen atoms in total. The number of carbonyl (C=O) groups excluding carboxylic acids is 1. The van der Waals surface area contributed by atoms with Crippen LogP contribution in [0.4, 0.5) is 4.79 Å². The van der Waals surface area contributed by atoms with Crippen LogP contribution in [0.3, 0.4) is 0 Å². The highest BCUT2D eigenvalue weighted by molar-refractivity contribution is 6.06. The molecule has 1 fully saturated rings. The van der Waals surface area contributed by atoms with E-state index in [9.17, 15) is 14.7 Å². The number of fused-ring (bicyclic) bond motifs is 3. The number of pyridine rings is 1. The van der Waals surface area contributed by atoms with Crippen molar-refractivity contribution in [3.8, 4) is 0 Å². The summed E-state index contributed by atoms with van der Waals surface area (Å²) in [6.45, 7) is 8.45. The third-order valence-electron chi connectivity index (χ3n) is 5.50. The number of aromatic nitrogens is 3. The summed E-state index contributed by atoms with van der Waals surface area (Å²) in [6, 6.07) is 3.88. The molecule has 1 aromatic carbocycles. The van der Waals surface area contributed by atoms with Crippen LogP contribution in [0.25, 0.3) is 21.8 Å². The second kappa shape index (κ2) is 7.12. The van der Waals surface area contributed by atoms with E-state index >= 15 is 0 Å². The van der Waals surface area contributed by atoms with Crippen LogP contribution in [0, 0.1) is 6.92 Å². The Bertz CT molecular complexity index is 1200. The summed E-state index contributed by atoms with van der Waals surface area (Å²) in [4.78, 5) is 27.0. The Kier molecular flexibility index (Phi) is 4.85. The number of ether oxygens (including phenoxy) is 1. The van der Waals surface area contributed by atoms with E-state index in [0.717, 1.165) is 27.5 Å². The van der Waals surface area contributed by atoms with Crippen molar-refractivity contribution in [3.63, 3.8) is 0 Å². The van der Waals surface area contributed by atoms with Crippen LogP contribution in [0.1, 0.15) is 37.9 Å². The number of aliphatic hydroxyl groups excluding tert-OH is 1. The van der Waals surface area contributed by atoms with E-state index in [1.165, 1.54) is 0 Å². The molecular weight excluding hydrogens is 384 g/mol. The van der Waals surface area contributed by atoms with Gasteiger partial charge in [0.1, 0.15) is 11.2 Å². The smallest absolute Gasteiger partial charge is 0.410 e. The molecule has 3 aromatic rings. The highest BCUT2D eigenvalue weighted by atomic mass is 16.6. The average molecular weight is 412 g/mol. The summed E-state index contributed by atoms with van der Waals surface area (Å²) >= 11 is 0. The first-order valence-corrected chi connectivity index (χ1v) is 10.2. The first-order chi connectivity index (χ1) is 14.1. The van der Waals surface area contributed by atoms with E-state index in [-0.39, 0.29) is 24.3 Å². The zero-order chi connectivity index (χ0) is 21.8. The number of aliphatic hydroxyl groups is 1. The van der Waals surface area contributed by atoms with Crippen LogP contribution in [-0.2, 0) is 18.2 Å². The number of rotatable bonds is 3. The van der Waals surface area contributed by atoms with Crippen LogP contribution in [0.2, 0.25) is 0 Å². The molecular formula is C22H28N4O4.